The van der Waals surface area contributed by atoms with E-state index in [0.29, 0.717) is 5.52 Å². The minimum atomic E-state index is -0.961. The Morgan fingerprint density at radius 3 is 2.93 bits per heavy atom. The summed E-state index contributed by atoms with van der Waals surface area (Å²) >= 11 is 0. The zero-order chi connectivity index (χ0) is 10.1. The maximum Gasteiger partial charge on any atom is 0.325 e. The van der Waals surface area contributed by atoms with E-state index < -0.39 is 5.97 Å². The number of phenolic OH excluding ortho intramolecular Hbond substituents is 1. The monoisotopic (exact) mass is 192 g/mol. The molecule has 2 N–H and O–H groups in total. The third-order valence-corrected chi connectivity index (χ3v) is 1.86. The number of rotatable bonds is 2. The van der Waals surface area contributed by atoms with Crippen molar-refractivity contribution < 1.29 is 15.0 Å². The molecule has 0 amide bonds. The van der Waals surface area contributed by atoms with Crippen molar-refractivity contribution in [2.24, 2.45) is 0 Å². The third kappa shape index (κ3) is 1.39. The number of phenols is 1. The van der Waals surface area contributed by atoms with Crippen molar-refractivity contribution in [3.63, 3.8) is 0 Å². The molecule has 0 bridgehead atoms. The van der Waals surface area contributed by atoms with Crippen LogP contribution in [0.3, 0.4) is 0 Å². The van der Waals surface area contributed by atoms with Crippen LogP contribution < -0.4 is 0 Å². The number of aromatic hydroxyl groups is 1. The quantitative estimate of drug-likeness (QED) is 0.738. The lowest BCUT2D eigenvalue weighted by molar-refractivity contribution is -0.137. The van der Waals surface area contributed by atoms with Gasteiger partial charge in [0.05, 0.1) is 0 Å². The molecule has 72 valence electrons. The summed E-state index contributed by atoms with van der Waals surface area (Å²) in [6.45, 7) is -0.200. The summed E-state index contributed by atoms with van der Waals surface area (Å²) in [6.07, 6.45) is 1.59. The predicted octanol–water partition coefficient (Wildman–Crippen LogP) is 0.827. The Morgan fingerprint density at radius 2 is 2.29 bits per heavy atom. The number of fused-ring (bicyclic) bond motifs is 1. The number of benzene rings is 1. The molecule has 2 aromatic rings. The van der Waals surface area contributed by atoms with E-state index in [1.54, 1.807) is 18.3 Å². The molecule has 0 unspecified atom stereocenters. The highest BCUT2D eigenvalue weighted by atomic mass is 16.4. The molecule has 0 spiro atoms. The molecule has 5 heteroatoms. The second kappa shape index (κ2) is 3.02. The van der Waals surface area contributed by atoms with Gasteiger partial charge in [-0.25, -0.2) is 0 Å². The Balaban J connectivity index is 2.51. The van der Waals surface area contributed by atoms with E-state index in [4.69, 9.17) is 5.11 Å². The fraction of sp³-hybridized carbons (Fsp3) is 0.111. The van der Waals surface area contributed by atoms with E-state index >= 15 is 0 Å². The average Bonchev–Trinajstić information content (AvgIpc) is 2.47. The minimum Gasteiger partial charge on any atom is -0.506 e. The topological polar surface area (TPSA) is 75.3 Å². The van der Waals surface area contributed by atoms with Crippen molar-refractivity contribution >= 4 is 16.9 Å². The molecule has 14 heavy (non-hydrogen) atoms. The van der Waals surface area contributed by atoms with E-state index in [0.717, 1.165) is 5.39 Å². The van der Waals surface area contributed by atoms with E-state index in [-0.39, 0.29) is 12.3 Å². The molecular weight excluding hydrogens is 184 g/mol. The van der Waals surface area contributed by atoms with Gasteiger partial charge in [-0.3, -0.25) is 9.48 Å². The van der Waals surface area contributed by atoms with Crippen molar-refractivity contribution in [3.8, 4) is 5.75 Å². The van der Waals surface area contributed by atoms with Crippen molar-refractivity contribution in [2.75, 3.05) is 0 Å². The number of aromatic nitrogens is 2. The zero-order valence-electron chi connectivity index (χ0n) is 7.21. The van der Waals surface area contributed by atoms with Crippen LogP contribution in [0.2, 0.25) is 0 Å². The van der Waals surface area contributed by atoms with Gasteiger partial charge in [0, 0.05) is 11.6 Å². The Morgan fingerprint density at radius 1 is 1.50 bits per heavy atom. The first-order valence-electron chi connectivity index (χ1n) is 4.04. The summed E-state index contributed by atoms with van der Waals surface area (Å²) in [7, 11) is 0. The van der Waals surface area contributed by atoms with Crippen LogP contribution in [0, 0.1) is 0 Å². The highest BCUT2D eigenvalue weighted by Crippen LogP contribution is 2.21. The van der Waals surface area contributed by atoms with Crippen LogP contribution in [0.15, 0.2) is 24.4 Å². The fourth-order valence-corrected chi connectivity index (χ4v) is 1.30. The predicted molar refractivity (Wildman–Crippen MR) is 49.0 cm³/mol. The van der Waals surface area contributed by atoms with Crippen LogP contribution in [-0.4, -0.2) is 26.0 Å². The Hall–Kier alpha value is -2.04. The van der Waals surface area contributed by atoms with Crippen molar-refractivity contribution in [2.45, 2.75) is 6.54 Å². The molecule has 0 saturated carbocycles. The minimum absolute atomic E-state index is 0.0617. The van der Waals surface area contributed by atoms with Gasteiger partial charge in [0.2, 0.25) is 0 Å². The SMILES string of the molecule is O=C(O)Cn1cc2cccc(O)c2n1. The molecule has 1 aromatic carbocycles. The number of hydrogen-bond acceptors (Lipinski definition) is 3. The van der Waals surface area contributed by atoms with Gasteiger partial charge in [-0.05, 0) is 6.07 Å². The number of aliphatic carboxylic acids is 1. The lowest BCUT2D eigenvalue weighted by Crippen LogP contribution is -2.08. The normalized spacial score (nSPS) is 10.6. The summed E-state index contributed by atoms with van der Waals surface area (Å²) in [5.74, 6) is -0.899. The van der Waals surface area contributed by atoms with Gasteiger partial charge in [-0.1, -0.05) is 12.1 Å². The van der Waals surface area contributed by atoms with Crippen LogP contribution in [-0.2, 0) is 11.3 Å². The number of carbonyl (C=O) groups is 1. The fourth-order valence-electron chi connectivity index (χ4n) is 1.30. The number of carboxylic acid groups (broad SMARTS) is 1. The lowest BCUT2D eigenvalue weighted by Gasteiger charge is -1.92. The summed E-state index contributed by atoms with van der Waals surface area (Å²) in [5.41, 5.74) is 0.425. The molecule has 1 aromatic heterocycles. The maximum atomic E-state index is 10.4. The van der Waals surface area contributed by atoms with Crippen LogP contribution in [0.5, 0.6) is 5.75 Å². The van der Waals surface area contributed by atoms with E-state index in [1.165, 1.54) is 10.7 Å². The molecule has 0 saturated heterocycles. The largest absolute Gasteiger partial charge is 0.506 e. The third-order valence-electron chi connectivity index (χ3n) is 1.86. The van der Waals surface area contributed by atoms with Gasteiger partial charge in [0.25, 0.3) is 0 Å². The van der Waals surface area contributed by atoms with Crippen LogP contribution in [0.25, 0.3) is 10.9 Å². The second-order valence-corrected chi connectivity index (χ2v) is 2.94. The summed E-state index contributed by atoms with van der Waals surface area (Å²) < 4.78 is 1.28. The first-order chi connectivity index (χ1) is 6.66. The Labute approximate surface area is 79.2 Å². The van der Waals surface area contributed by atoms with Crippen LogP contribution >= 0.6 is 0 Å². The Kier molecular flexibility index (Phi) is 1.85. The molecule has 0 aliphatic heterocycles. The molecule has 0 fully saturated rings. The maximum absolute atomic E-state index is 10.4. The molecule has 0 atom stereocenters. The van der Waals surface area contributed by atoms with E-state index in [9.17, 15) is 9.90 Å². The van der Waals surface area contributed by atoms with Gasteiger partial charge < -0.3 is 10.2 Å². The van der Waals surface area contributed by atoms with Crippen molar-refractivity contribution in [1.82, 2.24) is 9.78 Å². The van der Waals surface area contributed by atoms with Gasteiger partial charge in [-0.2, -0.15) is 5.10 Å². The van der Waals surface area contributed by atoms with E-state index in [2.05, 4.69) is 5.10 Å². The molecule has 2 rings (SSSR count). The molecule has 0 aliphatic rings. The number of carboxylic acids is 1. The first-order valence-corrected chi connectivity index (χ1v) is 4.04. The Bertz CT molecular complexity index is 490. The van der Waals surface area contributed by atoms with Crippen molar-refractivity contribution in [3.05, 3.63) is 24.4 Å². The van der Waals surface area contributed by atoms with Crippen molar-refractivity contribution in [1.29, 1.82) is 0 Å². The van der Waals surface area contributed by atoms with Gasteiger partial charge in [0.15, 0.2) is 0 Å². The summed E-state index contributed by atoms with van der Waals surface area (Å²) in [6, 6.07) is 4.96. The number of hydrogen-bond donors (Lipinski definition) is 2. The van der Waals surface area contributed by atoms with E-state index in [1.807, 2.05) is 0 Å². The molecule has 0 radical (unpaired) electrons. The average molecular weight is 192 g/mol. The summed E-state index contributed by atoms with van der Waals surface area (Å²) in [5, 5.41) is 22.6. The smallest absolute Gasteiger partial charge is 0.325 e. The highest BCUT2D eigenvalue weighted by Gasteiger charge is 2.06. The first kappa shape index (κ1) is 8.55. The lowest BCUT2D eigenvalue weighted by atomic mass is 10.2. The highest BCUT2D eigenvalue weighted by molar-refractivity contribution is 5.84. The molecular formula is C9H8N2O3. The molecule has 1 heterocycles. The molecule has 5 nitrogen and oxygen atoms in total. The standard InChI is InChI=1S/C9H8N2O3/c12-7-3-1-2-6-4-11(5-8(13)14)10-9(6)7/h1-4,12H,5H2,(H,13,14). The molecule has 0 aliphatic carbocycles. The zero-order valence-corrected chi connectivity index (χ0v) is 7.21. The van der Waals surface area contributed by atoms with Crippen LogP contribution in [0.1, 0.15) is 0 Å². The van der Waals surface area contributed by atoms with Gasteiger partial charge in [-0.15, -0.1) is 0 Å². The van der Waals surface area contributed by atoms with Gasteiger partial charge >= 0.3 is 5.97 Å². The summed E-state index contributed by atoms with van der Waals surface area (Å²) in [4.78, 5) is 10.4. The van der Waals surface area contributed by atoms with Gasteiger partial charge in [0.1, 0.15) is 17.8 Å². The number of nitrogens with zero attached hydrogens (tertiary/aromatic N) is 2. The second-order valence-electron chi connectivity index (χ2n) is 2.94. The van der Waals surface area contributed by atoms with Crippen LogP contribution in [0.4, 0.5) is 0 Å².